The fraction of sp³-hybridized carbons (Fsp3) is 0.320. The van der Waals surface area contributed by atoms with Gasteiger partial charge in [-0.05, 0) is 43.7 Å². The number of benzene rings is 2. The lowest BCUT2D eigenvalue weighted by atomic mass is 9.96. The van der Waals surface area contributed by atoms with Crippen LogP contribution in [-0.2, 0) is 14.3 Å². The van der Waals surface area contributed by atoms with Crippen LogP contribution in [-0.4, -0.2) is 50.7 Å². The third kappa shape index (κ3) is 6.27. The van der Waals surface area contributed by atoms with E-state index in [-0.39, 0.29) is 18.3 Å². The maximum absolute atomic E-state index is 12.9. The maximum Gasteiger partial charge on any atom is 0.338 e. The second-order valence-electron chi connectivity index (χ2n) is 7.38. The molecule has 1 atom stereocenters. The second kappa shape index (κ2) is 12.2. The molecule has 0 aromatic heterocycles. The van der Waals surface area contributed by atoms with E-state index >= 15 is 0 Å². The molecule has 1 heterocycles. The summed E-state index contributed by atoms with van der Waals surface area (Å²) in [5.74, 6) is 0.784. The van der Waals surface area contributed by atoms with Crippen molar-refractivity contribution in [3.63, 3.8) is 0 Å². The van der Waals surface area contributed by atoms with Crippen molar-refractivity contribution in [2.45, 2.75) is 19.9 Å². The standard InChI is InChI=1S/C25H29N3O6S/c1-6-34-24(30)21-15(2)26-25(35-14-20(29)27-17-10-8-7-9-11-17)28-22(21)16-12-18(31-3)23(33-5)19(13-16)32-4/h7-13,22H,6,14H2,1-5H3,(H,26,28)(H,27,29)/t22-/m1/s1. The molecule has 0 unspecified atom stereocenters. The molecule has 2 aromatic carbocycles. The number of ether oxygens (including phenoxy) is 4. The number of methoxy groups -OCH3 is 3. The van der Waals surface area contributed by atoms with E-state index in [1.165, 1.54) is 33.1 Å². The normalized spacial score (nSPS) is 15.0. The van der Waals surface area contributed by atoms with Gasteiger partial charge in [0.15, 0.2) is 16.7 Å². The number of nitrogens with one attached hydrogen (secondary N) is 2. The third-order valence-electron chi connectivity index (χ3n) is 5.11. The van der Waals surface area contributed by atoms with Gasteiger partial charge in [0.25, 0.3) is 0 Å². The molecule has 1 amide bonds. The molecule has 0 aliphatic carbocycles. The first kappa shape index (κ1) is 26.0. The molecule has 186 valence electrons. The number of amides is 1. The molecular weight excluding hydrogens is 470 g/mol. The van der Waals surface area contributed by atoms with Gasteiger partial charge >= 0.3 is 5.97 Å². The summed E-state index contributed by atoms with van der Waals surface area (Å²) in [4.78, 5) is 30.0. The number of rotatable bonds is 9. The van der Waals surface area contributed by atoms with Gasteiger partial charge in [0, 0.05) is 11.4 Å². The van der Waals surface area contributed by atoms with Gasteiger partial charge in [-0.3, -0.25) is 4.79 Å². The van der Waals surface area contributed by atoms with Gasteiger partial charge in [-0.2, -0.15) is 0 Å². The number of allylic oxidation sites excluding steroid dienone is 1. The molecule has 0 bridgehead atoms. The van der Waals surface area contributed by atoms with Gasteiger partial charge in [0.2, 0.25) is 11.7 Å². The highest BCUT2D eigenvalue weighted by molar-refractivity contribution is 8.14. The lowest BCUT2D eigenvalue weighted by Gasteiger charge is -2.26. The van der Waals surface area contributed by atoms with Crippen LogP contribution in [0.5, 0.6) is 17.2 Å². The first-order chi connectivity index (χ1) is 16.9. The minimum Gasteiger partial charge on any atom is -0.493 e. The number of thioether (sulfide) groups is 1. The highest BCUT2D eigenvalue weighted by Gasteiger charge is 2.32. The Morgan fingerprint density at radius 1 is 1.06 bits per heavy atom. The summed E-state index contributed by atoms with van der Waals surface area (Å²) < 4.78 is 21.7. The number of anilines is 1. The zero-order valence-corrected chi connectivity index (χ0v) is 21.2. The lowest BCUT2D eigenvalue weighted by Crippen LogP contribution is -2.31. The Labute approximate surface area is 208 Å². The molecule has 2 N–H and O–H groups in total. The quantitative estimate of drug-likeness (QED) is 0.500. The van der Waals surface area contributed by atoms with E-state index in [0.717, 1.165) is 0 Å². The first-order valence-electron chi connectivity index (χ1n) is 10.9. The average molecular weight is 500 g/mol. The average Bonchev–Trinajstić information content (AvgIpc) is 2.86. The van der Waals surface area contributed by atoms with E-state index in [2.05, 4.69) is 10.6 Å². The Hall–Kier alpha value is -3.66. The number of aliphatic imine (C=N–C) groups is 1. The van der Waals surface area contributed by atoms with Crippen LogP contribution in [0.3, 0.4) is 0 Å². The lowest BCUT2D eigenvalue weighted by molar-refractivity contribution is -0.139. The molecule has 9 nitrogen and oxygen atoms in total. The van der Waals surface area contributed by atoms with Crippen LogP contribution in [0.15, 0.2) is 58.7 Å². The minimum atomic E-state index is -0.705. The SMILES string of the molecule is CCOC(=O)C1=C(C)NC(SCC(=O)Nc2ccccc2)=N[C@@H]1c1cc(OC)c(OC)c(OC)c1. The van der Waals surface area contributed by atoms with E-state index in [4.69, 9.17) is 23.9 Å². The number of hydrogen-bond donors (Lipinski definition) is 2. The van der Waals surface area contributed by atoms with E-state index in [1.54, 1.807) is 26.0 Å². The Bertz CT molecular complexity index is 1110. The first-order valence-corrected chi connectivity index (χ1v) is 11.9. The number of esters is 1. The Morgan fingerprint density at radius 3 is 2.29 bits per heavy atom. The van der Waals surface area contributed by atoms with Gasteiger partial charge in [-0.1, -0.05) is 30.0 Å². The summed E-state index contributed by atoms with van der Waals surface area (Å²) >= 11 is 1.23. The van der Waals surface area contributed by atoms with Crippen molar-refractivity contribution in [1.29, 1.82) is 0 Å². The molecule has 35 heavy (non-hydrogen) atoms. The maximum atomic E-state index is 12.9. The van der Waals surface area contributed by atoms with E-state index in [0.29, 0.717) is 44.9 Å². The van der Waals surface area contributed by atoms with E-state index < -0.39 is 12.0 Å². The third-order valence-corrected chi connectivity index (χ3v) is 6.00. The molecular formula is C25H29N3O6S. The summed E-state index contributed by atoms with van der Waals surface area (Å²) in [6, 6.07) is 12.0. The predicted molar refractivity (Wildman–Crippen MR) is 136 cm³/mol. The van der Waals surface area contributed by atoms with Gasteiger partial charge in [0.05, 0.1) is 39.3 Å². The van der Waals surface area contributed by atoms with Gasteiger partial charge in [-0.15, -0.1) is 0 Å². The molecule has 1 aliphatic heterocycles. The van der Waals surface area contributed by atoms with Crippen molar-refractivity contribution in [3.05, 3.63) is 59.3 Å². The topological polar surface area (TPSA) is 107 Å². The molecule has 1 aliphatic rings. The van der Waals surface area contributed by atoms with Gasteiger partial charge in [0.1, 0.15) is 6.04 Å². The molecule has 0 spiro atoms. The molecule has 2 aromatic rings. The van der Waals surface area contributed by atoms with Crippen molar-refractivity contribution in [3.8, 4) is 17.2 Å². The molecule has 0 saturated carbocycles. The monoisotopic (exact) mass is 499 g/mol. The summed E-state index contributed by atoms with van der Waals surface area (Å²) in [5.41, 5.74) is 2.31. The van der Waals surface area contributed by atoms with Crippen molar-refractivity contribution >= 4 is 34.5 Å². The fourth-order valence-corrected chi connectivity index (χ4v) is 4.29. The Balaban J connectivity index is 1.92. The van der Waals surface area contributed by atoms with Crippen molar-refractivity contribution in [2.24, 2.45) is 4.99 Å². The second-order valence-corrected chi connectivity index (χ2v) is 8.35. The van der Waals surface area contributed by atoms with Crippen LogP contribution < -0.4 is 24.8 Å². The number of carbonyl (C=O) groups excluding carboxylic acids is 2. The van der Waals surface area contributed by atoms with Gasteiger partial charge < -0.3 is 29.6 Å². The molecule has 0 fully saturated rings. The summed E-state index contributed by atoms with van der Waals surface area (Å²) in [5, 5.41) is 6.47. The van der Waals surface area contributed by atoms with Crippen LogP contribution in [0.1, 0.15) is 25.5 Å². The Kier molecular flexibility index (Phi) is 9.02. The zero-order chi connectivity index (χ0) is 25.4. The Morgan fingerprint density at radius 2 is 1.71 bits per heavy atom. The number of nitrogens with zero attached hydrogens (tertiary/aromatic N) is 1. The van der Waals surface area contributed by atoms with Crippen molar-refractivity contribution in [2.75, 3.05) is 39.0 Å². The predicted octanol–water partition coefficient (Wildman–Crippen LogP) is 3.92. The number of carbonyl (C=O) groups is 2. The molecule has 0 saturated heterocycles. The van der Waals surface area contributed by atoms with Gasteiger partial charge in [-0.25, -0.2) is 9.79 Å². The highest BCUT2D eigenvalue weighted by Crippen LogP contribution is 2.43. The van der Waals surface area contributed by atoms with Crippen LogP contribution in [0.25, 0.3) is 0 Å². The van der Waals surface area contributed by atoms with Crippen LogP contribution in [0, 0.1) is 0 Å². The van der Waals surface area contributed by atoms with Crippen molar-refractivity contribution < 1.29 is 28.5 Å². The van der Waals surface area contributed by atoms with Crippen LogP contribution >= 0.6 is 11.8 Å². The minimum absolute atomic E-state index is 0.130. The number of para-hydroxylation sites is 1. The largest absolute Gasteiger partial charge is 0.493 e. The number of amidine groups is 1. The molecule has 0 radical (unpaired) electrons. The smallest absolute Gasteiger partial charge is 0.338 e. The van der Waals surface area contributed by atoms with Crippen LogP contribution in [0.4, 0.5) is 5.69 Å². The summed E-state index contributed by atoms with van der Waals surface area (Å²) in [7, 11) is 4.56. The molecule has 10 heteroatoms. The van der Waals surface area contributed by atoms with Crippen LogP contribution in [0.2, 0.25) is 0 Å². The molecule has 3 rings (SSSR count). The zero-order valence-electron chi connectivity index (χ0n) is 20.3. The number of hydrogen-bond acceptors (Lipinski definition) is 9. The van der Waals surface area contributed by atoms with Crippen molar-refractivity contribution in [1.82, 2.24) is 5.32 Å². The van der Waals surface area contributed by atoms with E-state index in [9.17, 15) is 9.59 Å². The summed E-state index contributed by atoms with van der Waals surface area (Å²) in [6.45, 7) is 3.74. The highest BCUT2D eigenvalue weighted by atomic mass is 32.2. The van der Waals surface area contributed by atoms with E-state index in [1.807, 2.05) is 30.3 Å². The summed E-state index contributed by atoms with van der Waals surface area (Å²) in [6.07, 6.45) is 0. The fourth-order valence-electron chi connectivity index (χ4n) is 3.55.